The molecule has 0 radical (unpaired) electrons. The highest BCUT2D eigenvalue weighted by molar-refractivity contribution is 7.89. The molecule has 0 saturated carbocycles. The van der Waals surface area contributed by atoms with Crippen LogP contribution in [-0.2, 0) is 14.8 Å². The van der Waals surface area contributed by atoms with Crippen molar-refractivity contribution in [1.29, 1.82) is 0 Å². The van der Waals surface area contributed by atoms with E-state index in [2.05, 4.69) is 5.32 Å². The average Bonchev–Trinajstić information content (AvgIpc) is 2.70. The Bertz CT molecular complexity index is 299. The number of hydrogen-bond acceptors (Lipinski definition) is 4. The number of sulfonamides is 1. The van der Waals surface area contributed by atoms with E-state index in [0.717, 1.165) is 19.4 Å². The number of nitrogens with zero attached hydrogens (tertiary/aromatic N) is 1. The van der Waals surface area contributed by atoms with Gasteiger partial charge in [-0.15, -0.1) is 0 Å². The van der Waals surface area contributed by atoms with Gasteiger partial charge in [0.1, 0.15) is 0 Å². The molecule has 1 fully saturated rings. The molecule has 1 aliphatic rings. The Labute approximate surface area is 98.2 Å². The van der Waals surface area contributed by atoms with Crippen molar-refractivity contribution in [3.8, 4) is 0 Å². The summed E-state index contributed by atoms with van der Waals surface area (Å²) in [6.45, 7) is 3.41. The molecule has 0 aromatic carbocycles. The molecule has 0 spiro atoms. The molecule has 1 heterocycles. The second-order valence-electron chi connectivity index (χ2n) is 4.33. The number of rotatable bonds is 6. The number of hydrogen-bond donors (Lipinski definition) is 1. The summed E-state index contributed by atoms with van der Waals surface area (Å²) >= 11 is 0. The Morgan fingerprint density at radius 3 is 2.75 bits per heavy atom. The lowest BCUT2D eigenvalue weighted by Crippen LogP contribution is -2.42. The quantitative estimate of drug-likeness (QED) is 0.723. The third-order valence-corrected chi connectivity index (χ3v) is 5.12. The Morgan fingerprint density at radius 2 is 2.25 bits per heavy atom. The first kappa shape index (κ1) is 13.9. The number of nitrogens with one attached hydrogen (secondary N) is 1. The van der Waals surface area contributed by atoms with Crippen molar-refractivity contribution in [2.24, 2.45) is 0 Å². The van der Waals surface area contributed by atoms with E-state index in [1.54, 1.807) is 21.0 Å². The molecular formula is C10H22N2O3S. The molecule has 5 nitrogen and oxygen atoms in total. The summed E-state index contributed by atoms with van der Waals surface area (Å²) in [6.07, 6.45) is 2.06. The molecule has 1 saturated heterocycles. The van der Waals surface area contributed by atoms with Crippen molar-refractivity contribution in [1.82, 2.24) is 9.62 Å². The molecule has 2 atom stereocenters. The minimum absolute atomic E-state index is 0.0709. The third-order valence-electron chi connectivity index (χ3n) is 2.92. The molecule has 0 aliphatic carbocycles. The third kappa shape index (κ3) is 3.41. The number of likely N-dealkylation sites (N-methyl/N-ethyl adjacent to an activating group) is 1. The number of ether oxygens (including phenoxy) is 1. The van der Waals surface area contributed by atoms with E-state index >= 15 is 0 Å². The lowest BCUT2D eigenvalue weighted by Gasteiger charge is -2.24. The van der Waals surface area contributed by atoms with Crippen LogP contribution in [0.2, 0.25) is 0 Å². The lowest BCUT2D eigenvalue weighted by atomic mass is 10.2. The lowest BCUT2D eigenvalue weighted by molar-refractivity contribution is 0.0977. The standard InChI is InChI=1S/C10H22N2O3S/c1-9(7-11-2)16(13,14)12(3)8-10-5-4-6-15-10/h9-11H,4-8H2,1-3H3. The molecule has 96 valence electrons. The average molecular weight is 250 g/mol. The van der Waals surface area contributed by atoms with Gasteiger partial charge in [0.2, 0.25) is 10.0 Å². The van der Waals surface area contributed by atoms with Gasteiger partial charge in [-0.05, 0) is 26.8 Å². The Hall–Kier alpha value is -0.170. The maximum atomic E-state index is 12.0. The minimum atomic E-state index is -3.20. The van der Waals surface area contributed by atoms with E-state index < -0.39 is 15.3 Å². The smallest absolute Gasteiger partial charge is 0.217 e. The molecule has 0 amide bonds. The van der Waals surface area contributed by atoms with Gasteiger partial charge in [0.15, 0.2) is 0 Å². The first-order chi connectivity index (χ1) is 7.48. The molecule has 1 N–H and O–H groups in total. The highest BCUT2D eigenvalue weighted by Gasteiger charge is 2.28. The van der Waals surface area contributed by atoms with Crippen LogP contribution < -0.4 is 5.32 Å². The van der Waals surface area contributed by atoms with Gasteiger partial charge in [-0.1, -0.05) is 0 Å². The normalized spacial score (nSPS) is 23.9. The van der Waals surface area contributed by atoms with Crippen molar-refractivity contribution >= 4 is 10.0 Å². The zero-order chi connectivity index (χ0) is 12.2. The van der Waals surface area contributed by atoms with Crippen molar-refractivity contribution in [2.75, 3.05) is 33.8 Å². The highest BCUT2D eigenvalue weighted by atomic mass is 32.2. The van der Waals surface area contributed by atoms with Crippen LogP contribution in [0.15, 0.2) is 0 Å². The minimum Gasteiger partial charge on any atom is -0.377 e. The Balaban J connectivity index is 2.53. The summed E-state index contributed by atoms with van der Waals surface area (Å²) in [7, 11) is 0.186. The molecule has 6 heteroatoms. The van der Waals surface area contributed by atoms with Crippen molar-refractivity contribution in [3.63, 3.8) is 0 Å². The molecule has 0 aromatic heterocycles. The second-order valence-corrected chi connectivity index (χ2v) is 6.79. The predicted molar refractivity (Wildman–Crippen MR) is 63.9 cm³/mol. The van der Waals surface area contributed by atoms with E-state index in [4.69, 9.17) is 4.74 Å². The van der Waals surface area contributed by atoms with Crippen LogP contribution in [0, 0.1) is 0 Å². The van der Waals surface area contributed by atoms with Crippen LogP contribution >= 0.6 is 0 Å². The summed E-state index contributed by atoms with van der Waals surface area (Å²) in [4.78, 5) is 0. The fourth-order valence-corrected chi connectivity index (χ4v) is 3.24. The van der Waals surface area contributed by atoms with Gasteiger partial charge in [0.25, 0.3) is 0 Å². The van der Waals surface area contributed by atoms with Gasteiger partial charge in [-0.2, -0.15) is 0 Å². The zero-order valence-corrected chi connectivity index (χ0v) is 11.1. The van der Waals surface area contributed by atoms with Gasteiger partial charge < -0.3 is 10.1 Å². The van der Waals surface area contributed by atoms with E-state index in [9.17, 15) is 8.42 Å². The molecule has 2 unspecified atom stereocenters. The van der Waals surface area contributed by atoms with E-state index in [1.807, 2.05) is 0 Å². The molecule has 0 bridgehead atoms. The molecular weight excluding hydrogens is 228 g/mol. The van der Waals surface area contributed by atoms with Gasteiger partial charge in [-0.25, -0.2) is 12.7 Å². The summed E-state index contributed by atoms with van der Waals surface area (Å²) in [5.41, 5.74) is 0. The van der Waals surface area contributed by atoms with Crippen LogP contribution in [0.3, 0.4) is 0 Å². The van der Waals surface area contributed by atoms with Crippen LogP contribution in [0.1, 0.15) is 19.8 Å². The molecule has 1 rings (SSSR count). The summed E-state index contributed by atoms with van der Waals surface area (Å²) in [5.74, 6) is 0. The molecule has 0 aromatic rings. The van der Waals surface area contributed by atoms with Gasteiger partial charge in [0, 0.05) is 26.7 Å². The van der Waals surface area contributed by atoms with E-state index in [0.29, 0.717) is 13.1 Å². The van der Waals surface area contributed by atoms with Gasteiger partial charge in [0.05, 0.1) is 11.4 Å². The van der Waals surface area contributed by atoms with Gasteiger partial charge >= 0.3 is 0 Å². The maximum absolute atomic E-state index is 12.0. The topological polar surface area (TPSA) is 58.6 Å². The van der Waals surface area contributed by atoms with Crippen molar-refractivity contribution in [3.05, 3.63) is 0 Å². The monoisotopic (exact) mass is 250 g/mol. The fourth-order valence-electron chi connectivity index (χ4n) is 1.88. The predicted octanol–water partition coefficient (Wildman–Crippen LogP) is 0.0349. The summed E-state index contributed by atoms with van der Waals surface area (Å²) in [5, 5.41) is 2.49. The van der Waals surface area contributed by atoms with E-state index in [-0.39, 0.29) is 6.10 Å². The van der Waals surface area contributed by atoms with Crippen molar-refractivity contribution in [2.45, 2.75) is 31.1 Å². The SMILES string of the molecule is CNCC(C)S(=O)(=O)N(C)CC1CCCO1. The fraction of sp³-hybridized carbons (Fsp3) is 1.00. The summed E-state index contributed by atoms with van der Waals surface area (Å²) in [6, 6.07) is 0. The van der Waals surface area contributed by atoms with Crippen LogP contribution in [-0.4, -0.2) is 57.9 Å². The zero-order valence-electron chi connectivity index (χ0n) is 10.3. The maximum Gasteiger partial charge on any atom is 0.217 e. The summed E-state index contributed by atoms with van der Waals surface area (Å²) < 4.78 is 30.9. The van der Waals surface area contributed by atoms with Gasteiger partial charge in [-0.3, -0.25) is 0 Å². The molecule has 1 aliphatic heterocycles. The van der Waals surface area contributed by atoms with Crippen molar-refractivity contribution < 1.29 is 13.2 Å². The van der Waals surface area contributed by atoms with E-state index in [1.165, 1.54) is 4.31 Å². The molecule has 16 heavy (non-hydrogen) atoms. The van der Waals surface area contributed by atoms with Crippen LogP contribution in [0.4, 0.5) is 0 Å². The Kier molecular flexibility index (Phi) is 5.17. The largest absolute Gasteiger partial charge is 0.377 e. The Morgan fingerprint density at radius 1 is 1.56 bits per heavy atom. The second kappa shape index (κ2) is 5.95. The first-order valence-corrected chi connectivity index (χ1v) is 7.20. The van der Waals surface area contributed by atoms with Crippen LogP contribution in [0.25, 0.3) is 0 Å². The van der Waals surface area contributed by atoms with Crippen LogP contribution in [0.5, 0.6) is 0 Å². The highest BCUT2D eigenvalue weighted by Crippen LogP contribution is 2.15. The first-order valence-electron chi connectivity index (χ1n) is 5.70.